The summed E-state index contributed by atoms with van der Waals surface area (Å²) in [6.07, 6.45) is 2.41. The minimum Gasteiger partial charge on any atom is -0.480 e. The number of hydrogen-bond acceptors (Lipinski definition) is 4. The van der Waals surface area contributed by atoms with Crippen molar-refractivity contribution < 1.29 is 19.4 Å². The molecule has 1 fully saturated rings. The number of carboxylic acids is 1. The molecule has 1 aromatic carbocycles. The molecule has 2 aliphatic rings. The first-order valence-electron chi connectivity index (χ1n) is 9.64. The van der Waals surface area contributed by atoms with Crippen molar-refractivity contribution in [3.05, 3.63) is 35.4 Å². The minimum absolute atomic E-state index is 0.0557. The fourth-order valence-electron chi connectivity index (χ4n) is 3.92. The van der Waals surface area contributed by atoms with Crippen LogP contribution in [0.5, 0.6) is 0 Å². The number of fused-ring (bicyclic) bond motifs is 1. The molecule has 0 bridgehead atoms. The van der Waals surface area contributed by atoms with E-state index >= 15 is 0 Å². The van der Waals surface area contributed by atoms with Gasteiger partial charge in [0.05, 0.1) is 19.7 Å². The van der Waals surface area contributed by atoms with Crippen LogP contribution in [0.3, 0.4) is 0 Å². The normalized spacial score (nSPS) is 24.0. The molecule has 2 N–H and O–H groups in total. The van der Waals surface area contributed by atoms with E-state index in [0.29, 0.717) is 19.7 Å². The summed E-state index contributed by atoms with van der Waals surface area (Å²) in [5, 5.41) is 12.0. The van der Waals surface area contributed by atoms with E-state index in [1.165, 1.54) is 11.1 Å². The fraction of sp³-hybridized carbons (Fsp3) is 0.600. The number of benzene rings is 1. The number of urea groups is 1. The molecule has 27 heavy (non-hydrogen) atoms. The number of ether oxygens (including phenoxy) is 1. The topological polar surface area (TPSA) is 82.1 Å². The summed E-state index contributed by atoms with van der Waals surface area (Å²) in [5.74, 6) is -0.808. The minimum atomic E-state index is -0.808. The first kappa shape index (κ1) is 19.6. The van der Waals surface area contributed by atoms with Crippen LogP contribution in [0, 0.1) is 0 Å². The number of amides is 2. The van der Waals surface area contributed by atoms with E-state index in [4.69, 9.17) is 9.84 Å². The van der Waals surface area contributed by atoms with Gasteiger partial charge in [0.25, 0.3) is 0 Å². The zero-order valence-corrected chi connectivity index (χ0v) is 16.1. The summed E-state index contributed by atoms with van der Waals surface area (Å²) >= 11 is 0. The number of rotatable bonds is 7. The van der Waals surface area contributed by atoms with Gasteiger partial charge in [-0.1, -0.05) is 31.2 Å². The van der Waals surface area contributed by atoms with E-state index in [1.54, 1.807) is 11.9 Å². The number of aliphatic carboxylic acids is 1. The summed E-state index contributed by atoms with van der Waals surface area (Å²) in [6, 6.07) is 8.47. The van der Waals surface area contributed by atoms with E-state index < -0.39 is 5.97 Å². The Bertz CT molecular complexity index is 675. The van der Waals surface area contributed by atoms with Crippen LogP contribution in [0.1, 0.15) is 37.0 Å². The first-order chi connectivity index (χ1) is 13.0. The molecule has 2 amide bonds. The molecule has 0 saturated heterocycles. The molecular weight excluding hydrogens is 346 g/mol. The predicted molar refractivity (Wildman–Crippen MR) is 102 cm³/mol. The molecule has 7 heteroatoms. The van der Waals surface area contributed by atoms with Gasteiger partial charge in [0.1, 0.15) is 6.10 Å². The van der Waals surface area contributed by atoms with Crippen LogP contribution < -0.4 is 5.32 Å². The van der Waals surface area contributed by atoms with E-state index in [-0.39, 0.29) is 30.8 Å². The van der Waals surface area contributed by atoms with Crippen molar-refractivity contribution >= 4 is 12.0 Å². The summed E-state index contributed by atoms with van der Waals surface area (Å²) in [5.41, 5.74) is 2.46. The average molecular weight is 375 g/mol. The van der Waals surface area contributed by atoms with Gasteiger partial charge in [0, 0.05) is 19.1 Å². The van der Waals surface area contributed by atoms with Gasteiger partial charge in [0.2, 0.25) is 0 Å². The van der Waals surface area contributed by atoms with Crippen molar-refractivity contribution in [3.8, 4) is 0 Å². The Balaban J connectivity index is 1.46. The molecule has 1 aromatic rings. The third kappa shape index (κ3) is 4.78. The van der Waals surface area contributed by atoms with Crippen LogP contribution in [0.4, 0.5) is 4.79 Å². The maximum Gasteiger partial charge on any atom is 0.317 e. The summed E-state index contributed by atoms with van der Waals surface area (Å²) < 4.78 is 5.89. The molecule has 0 spiro atoms. The number of likely N-dealkylation sites (N-methyl/N-ethyl adjacent to an activating group) is 2. The second-order valence-electron chi connectivity index (χ2n) is 7.42. The highest BCUT2D eigenvalue weighted by molar-refractivity contribution is 5.74. The van der Waals surface area contributed by atoms with E-state index in [0.717, 1.165) is 19.3 Å². The zero-order chi connectivity index (χ0) is 19.4. The highest BCUT2D eigenvalue weighted by Crippen LogP contribution is 2.28. The summed E-state index contributed by atoms with van der Waals surface area (Å²) in [6.45, 7) is 3.91. The Labute approximate surface area is 160 Å². The SMILES string of the molecule is CCN(CC(=O)O)C1CC(NC(=O)N(C)CC2OCCc3ccccc32)C1. The van der Waals surface area contributed by atoms with Gasteiger partial charge in [-0.25, -0.2) is 4.79 Å². The first-order valence-corrected chi connectivity index (χ1v) is 9.64. The molecule has 1 unspecified atom stereocenters. The molecule has 1 atom stereocenters. The standard InChI is InChI=1S/C20H29N3O4/c1-3-23(13-19(24)25)16-10-15(11-16)21-20(26)22(2)12-18-17-7-5-4-6-14(17)8-9-27-18/h4-7,15-16,18H,3,8-13H2,1-2H3,(H,21,26)(H,24,25). The van der Waals surface area contributed by atoms with Gasteiger partial charge in [0.15, 0.2) is 0 Å². The van der Waals surface area contributed by atoms with Crippen molar-refractivity contribution in [1.82, 2.24) is 15.1 Å². The second-order valence-corrected chi connectivity index (χ2v) is 7.42. The molecule has 1 aliphatic carbocycles. The number of carbonyl (C=O) groups excluding carboxylic acids is 1. The molecular formula is C20H29N3O4. The Morgan fingerprint density at radius 3 is 2.74 bits per heavy atom. The lowest BCUT2D eigenvalue weighted by Crippen LogP contribution is -2.56. The third-order valence-electron chi connectivity index (χ3n) is 5.58. The van der Waals surface area contributed by atoms with E-state index in [2.05, 4.69) is 17.4 Å². The number of nitrogens with one attached hydrogen (secondary N) is 1. The van der Waals surface area contributed by atoms with Crippen LogP contribution >= 0.6 is 0 Å². The molecule has 7 nitrogen and oxygen atoms in total. The smallest absolute Gasteiger partial charge is 0.317 e. The number of nitrogens with zero attached hydrogens (tertiary/aromatic N) is 2. The maximum atomic E-state index is 12.5. The van der Waals surface area contributed by atoms with Gasteiger partial charge >= 0.3 is 12.0 Å². The Hall–Kier alpha value is -2.12. The van der Waals surface area contributed by atoms with E-state index in [1.807, 2.05) is 24.0 Å². The highest BCUT2D eigenvalue weighted by Gasteiger charge is 2.35. The lowest BCUT2D eigenvalue weighted by atomic mass is 9.85. The van der Waals surface area contributed by atoms with Crippen molar-refractivity contribution in [2.24, 2.45) is 0 Å². The molecule has 1 heterocycles. The fourth-order valence-corrected chi connectivity index (χ4v) is 3.92. The summed E-state index contributed by atoms with van der Waals surface area (Å²) in [4.78, 5) is 27.0. The predicted octanol–water partition coefficient (Wildman–Crippen LogP) is 1.88. The van der Waals surface area contributed by atoms with Gasteiger partial charge in [-0.2, -0.15) is 0 Å². The zero-order valence-electron chi connectivity index (χ0n) is 16.1. The summed E-state index contributed by atoms with van der Waals surface area (Å²) in [7, 11) is 1.79. The van der Waals surface area contributed by atoms with Crippen molar-refractivity contribution in [2.45, 2.75) is 44.4 Å². The van der Waals surface area contributed by atoms with Crippen molar-refractivity contribution in [1.29, 1.82) is 0 Å². The largest absolute Gasteiger partial charge is 0.480 e. The Morgan fingerprint density at radius 1 is 1.30 bits per heavy atom. The lowest BCUT2D eigenvalue weighted by Gasteiger charge is -2.42. The quantitative estimate of drug-likeness (QED) is 0.760. The van der Waals surface area contributed by atoms with Gasteiger partial charge < -0.3 is 20.1 Å². The maximum absolute atomic E-state index is 12.5. The van der Waals surface area contributed by atoms with Crippen LogP contribution in [0.2, 0.25) is 0 Å². The number of carboxylic acid groups (broad SMARTS) is 1. The van der Waals surface area contributed by atoms with Crippen LogP contribution in [-0.4, -0.2) is 72.3 Å². The average Bonchev–Trinajstić information content (AvgIpc) is 2.62. The van der Waals surface area contributed by atoms with Crippen molar-refractivity contribution in [3.63, 3.8) is 0 Å². The molecule has 1 saturated carbocycles. The third-order valence-corrected chi connectivity index (χ3v) is 5.58. The van der Waals surface area contributed by atoms with Gasteiger partial charge in [-0.3, -0.25) is 9.69 Å². The molecule has 148 valence electrons. The molecule has 0 radical (unpaired) electrons. The second kappa shape index (κ2) is 8.71. The van der Waals surface area contributed by atoms with Crippen LogP contribution in [-0.2, 0) is 16.0 Å². The van der Waals surface area contributed by atoms with Gasteiger partial charge in [-0.15, -0.1) is 0 Å². The Morgan fingerprint density at radius 2 is 2.04 bits per heavy atom. The lowest BCUT2D eigenvalue weighted by molar-refractivity contribution is -0.139. The number of carbonyl (C=O) groups is 2. The monoisotopic (exact) mass is 375 g/mol. The molecule has 0 aromatic heterocycles. The molecule has 3 rings (SSSR count). The van der Waals surface area contributed by atoms with Crippen LogP contribution in [0.25, 0.3) is 0 Å². The van der Waals surface area contributed by atoms with Gasteiger partial charge in [-0.05, 0) is 36.9 Å². The van der Waals surface area contributed by atoms with Crippen LogP contribution in [0.15, 0.2) is 24.3 Å². The van der Waals surface area contributed by atoms with Crippen molar-refractivity contribution in [2.75, 3.05) is 33.3 Å². The highest BCUT2D eigenvalue weighted by atomic mass is 16.5. The Kier molecular flexibility index (Phi) is 6.34. The van der Waals surface area contributed by atoms with E-state index in [9.17, 15) is 9.59 Å². The number of hydrogen-bond donors (Lipinski definition) is 2. The molecule has 1 aliphatic heterocycles.